The van der Waals surface area contributed by atoms with Crippen molar-refractivity contribution < 1.29 is 34.0 Å². The molecule has 55 heavy (non-hydrogen) atoms. The van der Waals surface area contributed by atoms with Crippen molar-refractivity contribution in [2.45, 2.75) is 252 Å². The molecule has 0 aliphatic rings. The van der Waals surface area contributed by atoms with E-state index in [1.165, 1.54) is 109 Å². The Kier molecular flexibility index (Phi) is 42.4. The maximum Gasteiger partial charge on any atom is 0.306 e. The summed E-state index contributed by atoms with van der Waals surface area (Å²) in [4.78, 5) is 43.2. The van der Waals surface area contributed by atoms with Crippen molar-refractivity contribution in [3.63, 3.8) is 0 Å². The van der Waals surface area contributed by atoms with Crippen LogP contribution < -0.4 is 0 Å². The Hall–Kier alpha value is -1.51. The number of carbonyl (C=O) groups is 3. The Morgan fingerprint density at radius 3 is 1.35 bits per heavy atom. The van der Waals surface area contributed by atoms with E-state index in [9.17, 15) is 14.4 Å². The highest BCUT2D eigenvalue weighted by atomic mass is 17.1. The van der Waals surface area contributed by atoms with Crippen molar-refractivity contribution in [1.29, 1.82) is 0 Å². The van der Waals surface area contributed by atoms with Crippen LogP contribution >= 0.6 is 0 Å². The van der Waals surface area contributed by atoms with Crippen molar-refractivity contribution in [3.8, 4) is 0 Å². The van der Waals surface area contributed by atoms with E-state index in [-0.39, 0.29) is 30.4 Å². The van der Waals surface area contributed by atoms with Crippen LogP contribution in [0.5, 0.6) is 0 Å². The quantitative estimate of drug-likeness (QED) is 0.0282. The first-order valence-electron chi connectivity index (χ1n) is 23.8. The van der Waals surface area contributed by atoms with Crippen LogP contribution in [0.1, 0.15) is 245 Å². The minimum absolute atomic E-state index is 0.00646. The fraction of sp³-hybridized carbons (Fsp3) is 0.936. The van der Waals surface area contributed by atoms with Gasteiger partial charge in [-0.3, -0.25) is 19.6 Å². The fourth-order valence-electron chi connectivity index (χ4n) is 7.38. The van der Waals surface area contributed by atoms with Gasteiger partial charge in [0, 0.05) is 19.3 Å². The Bertz CT molecular complexity index is 822. The van der Waals surface area contributed by atoms with Crippen LogP contribution in [-0.2, 0) is 28.7 Å². The molecule has 0 saturated carbocycles. The van der Waals surface area contributed by atoms with Crippen LogP contribution in [0.3, 0.4) is 0 Å². The highest BCUT2D eigenvalue weighted by molar-refractivity contribution is 5.79. The zero-order valence-corrected chi connectivity index (χ0v) is 36.7. The largest absolute Gasteiger partial charge is 0.466 e. The third-order valence-corrected chi connectivity index (χ3v) is 10.9. The molecule has 0 atom stereocenters. The maximum atomic E-state index is 12.8. The van der Waals surface area contributed by atoms with Gasteiger partial charge in [0.1, 0.15) is 12.7 Å². The summed E-state index contributed by atoms with van der Waals surface area (Å²) in [6.45, 7) is 9.96. The second kappa shape index (κ2) is 43.6. The highest BCUT2D eigenvalue weighted by Gasteiger charge is 2.15. The normalized spacial score (nSPS) is 11.5. The lowest BCUT2D eigenvalue weighted by Crippen LogP contribution is -2.28. The van der Waals surface area contributed by atoms with Gasteiger partial charge in [-0.15, -0.1) is 0 Å². The molecule has 0 saturated heterocycles. The smallest absolute Gasteiger partial charge is 0.306 e. The summed E-state index contributed by atoms with van der Waals surface area (Å²) in [6.07, 6.45) is 38.8. The number of carbonyl (C=O) groups excluding carboxylic acids is 3. The Balaban J connectivity index is 4.30. The molecule has 0 unspecified atom stereocenters. The van der Waals surface area contributed by atoms with E-state index in [0.717, 1.165) is 116 Å². The Morgan fingerprint density at radius 1 is 0.455 bits per heavy atom. The number of ketones is 1. The molecule has 8 heteroatoms. The molecule has 0 aromatic rings. The molecule has 8 nitrogen and oxygen atoms in total. The highest BCUT2D eigenvalue weighted by Crippen LogP contribution is 2.19. The first kappa shape index (κ1) is 53.5. The van der Waals surface area contributed by atoms with Gasteiger partial charge < -0.3 is 14.4 Å². The molecule has 0 rings (SSSR count). The number of nitrogens with zero attached hydrogens (tertiary/aromatic N) is 1. The topological polar surface area (TPSA) is 102 Å². The average molecular weight is 782 g/mol. The van der Waals surface area contributed by atoms with Crippen molar-refractivity contribution in [3.05, 3.63) is 0 Å². The molecular formula is C47H91NO7. The number of Topliss-reactive ketones (excluding diaryl/α,β-unsaturated/α-hetero) is 1. The molecule has 326 valence electrons. The SMILES string of the molecule is CCCCCCCCCOC(=O)CCCCCCCN(CCCCCCCC(=O)OC(CCCCCCCC)CCCCCCCC)CCCC(=O)COO. The van der Waals surface area contributed by atoms with E-state index >= 15 is 0 Å². The van der Waals surface area contributed by atoms with Gasteiger partial charge in [-0.05, 0) is 83.8 Å². The zero-order valence-electron chi connectivity index (χ0n) is 36.7. The van der Waals surface area contributed by atoms with Gasteiger partial charge in [0.2, 0.25) is 0 Å². The lowest BCUT2D eigenvalue weighted by Gasteiger charge is -2.22. The summed E-state index contributed by atoms with van der Waals surface area (Å²) in [6, 6.07) is 0. The number of esters is 2. The number of unbranched alkanes of at least 4 members (excludes halogenated alkanes) is 24. The lowest BCUT2D eigenvalue weighted by atomic mass is 10.0. The summed E-state index contributed by atoms with van der Waals surface area (Å²) in [5, 5.41) is 8.58. The van der Waals surface area contributed by atoms with Crippen molar-refractivity contribution in [2.75, 3.05) is 32.8 Å². The molecule has 0 heterocycles. The predicted molar refractivity (Wildman–Crippen MR) is 229 cm³/mol. The van der Waals surface area contributed by atoms with Gasteiger partial charge in [-0.1, -0.05) is 162 Å². The van der Waals surface area contributed by atoms with Crippen LogP contribution in [0.25, 0.3) is 0 Å². The standard InChI is InChI=1S/C47H91NO7/c1-4-7-10-13-16-25-32-42-53-46(50)37-28-21-17-23-30-39-48(41-33-34-44(49)43-54-52)40-31-24-18-22-29-38-47(51)55-45(35-26-19-14-11-8-5-2)36-27-20-15-12-9-6-3/h45,52H,4-43H2,1-3H3. The average Bonchev–Trinajstić information content (AvgIpc) is 3.17. The molecule has 0 spiro atoms. The number of rotatable bonds is 45. The van der Waals surface area contributed by atoms with Crippen LogP contribution in [-0.4, -0.2) is 66.8 Å². The molecule has 0 aliphatic heterocycles. The molecule has 1 N–H and O–H groups in total. The first-order valence-corrected chi connectivity index (χ1v) is 23.8. The van der Waals surface area contributed by atoms with Crippen molar-refractivity contribution in [1.82, 2.24) is 4.90 Å². The maximum absolute atomic E-state index is 12.8. The summed E-state index contributed by atoms with van der Waals surface area (Å²) < 4.78 is 11.5. The fourth-order valence-corrected chi connectivity index (χ4v) is 7.38. The van der Waals surface area contributed by atoms with Gasteiger partial charge in [0.25, 0.3) is 0 Å². The van der Waals surface area contributed by atoms with E-state index < -0.39 is 0 Å². The number of hydrogen-bond donors (Lipinski definition) is 1. The molecule has 0 aromatic carbocycles. The van der Waals surface area contributed by atoms with Gasteiger partial charge >= 0.3 is 11.9 Å². The summed E-state index contributed by atoms with van der Waals surface area (Å²) in [5.74, 6) is -0.129. The number of hydrogen-bond acceptors (Lipinski definition) is 8. The summed E-state index contributed by atoms with van der Waals surface area (Å²) in [7, 11) is 0. The van der Waals surface area contributed by atoms with Gasteiger partial charge in [-0.2, -0.15) is 0 Å². The van der Waals surface area contributed by atoms with E-state index in [2.05, 4.69) is 30.6 Å². The summed E-state index contributed by atoms with van der Waals surface area (Å²) in [5.41, 5.74) is 0. The second-order valence-corrected chi connectivity index (χ2v) is 16.4. The molecule has 0 fully saturated rings. The molecule has 0 aliphatic carbocycles. The van der Waals surface area contributed by atoms with E-state index in [0.29, 0.717) is 25.9 Å². The molecule has 0 bridgehead atoms. The van der Waals surface area contributed by atoms with Crippen LogP contribution in [0, 0.1) is 0 Å². The predicted octanol–water partition coefficient (Wildman–Crippen LogP) is 13.5. The van der Waals surface area contributed by atoms with E-state index in [1.54, 1.807) is 0 Å². The van der Waals surface area contributed by atoms with Gasteiger partial charge in [0.15, 0.2) is 5.78 Å². The first-order chi connectivity index (χ1) is 27.0. The van der Waals surface area contributed by atoms with Crippen molar-refractivity contribution >= 4 is 17.7 Å². The minimum atomic E-state index is -0.237. The molecule has 0 aromatic heterocycles. The van der Waals surface area contributed by atoms with E-state index in [1.807, 2.05) is 0 Å². The zero-order chi connectivity index (χ0) is 40.3. The Labute approximate surface area is 340 Å². The number of ether oxygens (including phenoxy) is 2. The molecule has 0 amide bonds. The second-order valence-electron chi connectivity index (χ2n) is 16.4. The third-order valence-electron chi connectivity index (χ3n) is 10.9. The van der Waals surface area contributed by atoms with Crippen LogP contribution in [0.4, 0.5) is 0 Å². The monoisotopic (exact) mass is 782 g/mol. The lowest BCUT2D eigenvalue weighted by molar-refractivity contribution is -0.238. The van der Waals surface area contributed by atoms with Crippen molar-refractivity contribution in [2.24, 2.45) is 0 Å². The van der Waals surface area contributed by atoms with Gasteiger partial charge in [0.05, 0.1) is 6.61 Å². The van der Waals surface area contributed by atoms with Crippen LogP contribution in [0.15, 0.2) is 0 Å². The third kappa shape index (κ3) is 40.5. The van der Waals surface area contributed by atoms with Crippen LogP contribution in [0.2, 0.25) is 0 Å². The Morgan fingerprint density at radius 2 is 0.855 bits per heavy atom. The molecular weight excluding hydrogens is 691 g/mol. The summed E-state index contributed by atoms with van der Waals surface area (Å²) >= 11 is 0. The minimum Gasteiger partial charge on any atom is -0.466 e. The molecule has 0 radical (unpaired) electrons. The van der Waals surface area contributed by atoms with Gasteiger partial charge in [-0.25, -0.2) is 4.89 Å². The van der Waals surface area contributed by atoms with E-state index in [4.69, 9.17) is 14.7 Å².